The fraction of sp³-hybridized carbons (Fsp3) is 0.414. The summed E-state index contributed by atoms with van der Waals surface area (Å²) in [6.45, 7) is 5.75. The fourth-order valence-electron chi connectivity index (χ4n) is 5.38. The van der Waals surface area contributed by atoms with Gasteiger partial charge in [-0.15, -0.1) is 0 Å². The number of carbonyl (C=O) groups is 4. The van der Waals surface area contributed by atoms with Gasteiger partial charge in [-0.05, 0) is 36.5 Å². The summed E-state index contributed by atoms with van der Waals surface area (Å²) < 4.78 is 13.6. The van der Waals surface area contributed by atoms with Crippen molar-refractivity contribution >= 4 is 23.5 Å². The summed E-state index contributed by atoms with van der Waals surface area (Å²) in [5.41, 5.74) is 1.26. The van der Waals surface area contributed by atoms with E-state index in [9.17, 15) is 23.6 Å². The average molecular weight is 521 g/mol. The molecule has 1 aliphatic carbocycles. The molecule has 3 N–H and O–H groups in total. The van der Waals surface area contributed by atoms with E-state index in [4.69, 9.17) is 0 Å². The van der Waals surface area contributed by atoms with Crippen LogP contribution in [0.3, 0.4) is 0 Å². The van der Waals surface area contributed by atoms with Gasteiger partial charge in [-0.2, -0.15) is 4.39 Å². The van der Waals surface area contributed by atoms with Crippen LogP contribution in [0.15, 0.2) is 60.8 Å². The molecule has 8 nitrogen and oxygen atoms in total. The number of rotatable bonds is 10. The number of ketones is 1. The van der Waals surface area contributed by atoms with Crippen molar-refractivity contribution in [3.63, 3.8) is 0 Å². The topological polar surface area (TPSA) is 117 Å². The normalized spacial score (nSPS) is 21.3. The third-order valence-corrected chi connectivity index (χ3v) is 7.44. The SMILES string of the molecule is C=C(C[C@H](NC(=O)c1cccc(F)n1)c1ccccc1)N[C@H](C(=O)[C@@H]1C(=O)NC(=O)[C@H]1C)C1CCCCC1. The maximum Gasteiger partial charge on any atom is 0.270 e. The summed E-state index contributed by atoms with van der Waals surface area (Å²) in [6, 6.07) is 12.1. The number of carbonyl (C=O) groups excluding carboxylic acids is 4. The van der Waals surface area contributed by atoms with Gasteiger partial charge in [-0.3, -0.25) is 24.5 Å². The van der Waals surface area contributed by atoms with E-state index in [1.165, 1.54) is 18.2 Å². The van der Waals surface area contributed by atoms with E-state index < -0.39 is 47.6 Å². The highest BCUT2D eigenvalue weighted by molar-refractivity contribution is 6.16. The highest BCUT2D eigenvalue weighted by Crippen LogP contribution is 2.32. The fourth-order valence-corrected chi connectivity index (χ4v) is 5.38. The van der Waals surface area contributed by atoms with E-state index in [-0.39, 0.29) is 23.8 Å². The van der Waals surface area contributed by atoms with E-state index >= 15 is 0 Å². The van der Waals surface area contributed by atoms with Crippen LogP contribution in [0.5, 0.6) is 0 Å². The lowest BCUT2D eigenvalue weighted by Crippen LogP contribution is -2.48. The van der Waals surface area contributed by atoms with Crippen molar-refractivity contribution < 1.29 is 23.6 Å². The summed E-state index contributed by atoms with van der Waals surface area (Å²) in [5.74, 6) is -4.36. The van der Waals surface area contributed by atoms with Gasteiger partial charge in [0.1, 0.15) is 11.6 Å². The van der Waals surface area contributed by atoms with Crippen molar-refractivity contribution in [2.24, 2.45) is 17.8 Å². The Kier molecular flexibility index (Phi) is 8.66. The second kappa shape index (κ2) is 12.1. The molecule has 1 aromatic heterocycles. The zero-order chi connectivity index (χ0) is 27.2. The Morgan fingerprint density at radius 1 is 1.03 bits per heavy atom. The zero-order valence-electron chi connectivity index (χ0n) is 21.4. The number of hydrogen-bond acceptors (Lipinski definition) is 6. The van der Waals surface area contributed by atoms with Crippen LogP contribution < -0.4 is 16.0 Å². The number of hydrogen-bond donors (Lipinski definition) is 3. The highest BCUT2D eigenvalue weighted by Gasteiger charge is 2.47. The number of aromatic nitrogens is 1. The molecule has 2 fully saturated rings. The Morgan fingerprint density at radius 2 is 1.74 bits per heavy atom. The van der Waals surface area contributed by atoms with Gasteiger partial charge < -0.3 is 10.6 Å². The van der Waals surface area contributed by atoms with Crippen LogP contribution >= 0.6 is 0 Å². The first kappa shape index (κ1) is 27.2. The maximum absolute atomic E-state index is 13.7. The number of amides is 3. The molecule has 0 unspecified atom stereocenters. The number of benzene rings is 1. The molecule has 1 saturated carbocycles. The minimum atomic E-state index is -1.04. The maximum atomic E-state index is 13.7. The van der Waals surface area contributed by atoms with Crippen molar-refractivity contribution in [3.05, 3.63) is 78.0 Å². The van der Waals surface area contributed by atoms with Crippen molar-refractivity contribution in [2.75, 3.05) is 0 Å². The Morgan fingerprint density at radius 3 is 2.37 bits per heavy atom. The Balaban J connectivity index is 1.53. The van der Waals surface area contributed by atoms with E-state index in [1.54, 1.807) is 6.92 Å². The summed E-state index contributed by atoms with van der Waals surface area (Å²) >= 11 is 0. The Bertz CT molecular complexity index is 1210. The average Bonchev–Trinajstić information content (AvgIpc) is 3.18. The van der Waals surface area contributed by atoms with Crippen LogP contribution in [0.2, 0.25) is 0 Å². The number of nitrogens with zero attached hydrogens (tertiary/aromatic N) is 1. The lowest BCUT2D eigenvalue weighted by Gasteiger charge is -2.33. The molecule has 0 bridgehead atoms. The van der Waals surface area contributed by atoms with Crippen LogP contribution in [0.1, 0.15) is 67.5 Å². The first-order chi connectivity index (χ1) is 18.2. The predicted octanol–water partition coefficient (Wildman–Crippen LogP) is 3.61. The predicted molar refractivity (Wildman–Crippen MR) is 139 cm³/mol. The zero-order valence-corrected chi connectivity index (χ0v) is 21.4. The highest BCUT2D eigenvalue weighted by atomic mass is 19.1. The molecular formula is C29H33FN4O4. The van der Waals surface area contributed by atoms with E-state index in [0.717, 1.165) is 37.7 Å². The number of nitrogens with one attached hydrogen (secondary N) is 3. The third-order valence-electron chi connectivity index (χ3n) is 7.44. The second-order valence-electron chi connectivity index (χ2n) is 10.1. The minimum Gasteiger partial charge on any atom is -0.379 e. The molecule has 1 aliphatic heterocycles. The van der Waals surface area contributed by atoms with Gasteiger partial charge in [0.15, 0.2) is 5.78 Å². The molecule has 0 radical (unpaired) electrons. The van der Waals surface area contributed by atoms with Crippen LogP contribution in [0.4, 0.5) is 4.39 Å². The standard InChI is InChI=1S/C29H33FN4O4/c1-17(16-22(19-10-5-3-6-11-19)33-28(37)21-14-9-15-23(30)32-21)31-25(20-12-7-4-8-13-20)26(35)24-18(2)27(36)34-29(24)38/h3,5-6,9-11,14-15,18,20,22,24-25,31H,1,4,7-8,12-13,16H2,2H3,(H,33,37)(H,34,36,38)/t18-,22-,24+,25-/m0/s1. The molecule has 9 heteroatoms. The molecule has 2 aliphatic rings. The number of pyridine rings is 1. The van der Waals surface area contributed by atoms with Crippen LogP contribution in [0, 0.1) is 23.7 Å². The lowest BCUT2D eigenvalue weighted by atomic mass is 9.77. The molecule has 38 heavy (non-hydrogen) atoms. The Hall–Kier alpha value is -3.88. The first-order valence-electron chi connectivity index (χ1n) is 13.1. The molecule has 4 rings (SSSR count). The second-order valence-corrected chi connectivity index (χ2v) is 10.1. The number of Topliss-reactive ketones (excluding diaryl/α,β-unsaturated/α-hetero) is 1. The van der Waals surface area contributed by atoms with Crippen molar-refractivity contribution in [2.45, 2.75) is 57.5 Å². The summed E-state index contributed by atoms with van der Waals surface area (Å²) in [7, 11) is 0. The largest absolute Gasteiger partial charge is 0.379 e. The third kappa shape index (κ3) is 6.33. The van der Waals surface area contributed by atoms with E-state index in [0.29, 0.717) is 5.70 Å². The van der Waals surface area contributed by atoms with E-state index in [2.05, 4.69) is 27.5 Å². The lowest BCUT2D eigenvalue weighted by molar-refractivity contribution is -0.135. The van der Waals surface area contributed by atoms with Gasteiger partial charge in [-0.1, -0.05) is 69.2 Å². The molecule has 1 aromatic carbocycles. The molecule has 4 atom stereocenters. The van der Waals surface area contributed by atoms with Gasteiger partial charge in [-0.25, -0.2) is 4.98 Å². The van der Waals surface area contributed by atoms with Crippen LogP contribution in [-0.4, -0.2) is 34.5 Å². The summed E-state index contributed by atoms with van der Waals surface area (Å²) in [5, 5.41) is 8.46. The Labute approximate surface area is 221 Å². The first-order valence-corrected chi connectivity index (χ1v) is 13.1. The van der Waals surface area contributed by atoms with Crippen molar-refractivity contribution in [3.8, 4) is 0 Å². The number of halogens is 1. The molecular weight excluding hydrogens is 487 g/mol. The van der Waals surface area contributed by atoms with Crippen molar-refractivity contribution in [1.29, 1.82) is 0 Å². The summed E-state index contributed by atoms with van der Waals surface area (Å²) in [4.78, 5) is 54.8. The van der Waals surface area contributed by atoms with Crippen molar-refractivity contribution in [1.82, 2.24) is 20.9 Å². The minimum absolute atomic E-state index is 0.00459. The summed E-state index contributed by atoms with van der Waals surface area (Å²) in [6.07, 6.45) is 4.96. The molecule has 0 spiro atoms. The van der Waals surface area contributed by atoms with Gasteiger partial charge in [0, 0.05) is 12.1 Å². The smallest absolute Gasteiger partial charge is 0.270 e. The van der Waals surface area contributed by atoms with Gasteiger partial charge in [0.05, 0.1) is 18.0 Å². The molecule has 200 valence electrons. The van der Waals surface area contributed by atoms with Gasteiger partial charge in [0.2, 0.25) is 17.8 Å². The van der Waals surface area contributed by atoms with Gasteiger partial charge in [0.25, 0.3) is 5.91 Å². The van der Waals surface area contributed by atoms with Crippen LogP contribution in [-0.2, 0) is 14.4 Å². The molecule has 2 heterocycles. The molecule has 2 aromatic rings. The van der Waals surface area contributed by atoms with E-state index in [1.807, 2.05) is 30.3 Å². The number of imide groups is 1. The quantitative estimate of drug-likeness (QED) is 0.250. The molecule has 1 saturated heterocycles. The molecule has 3 amide bonds. The monoisotopic (exact) mass is 520 g/mol. The van der Waals surface area contributed by atoms with Crippen LogP contribution in [0.25, 0.3) is 0 Å². The van der Waals surface area contributed by atoms with Gasteiger partial charge >= 0.3 is 0 Å².